The van der Waals surface area contributed by atoms with Crippen LogP contribution in [-0.2, 0) is 12.5 Å². The number of fused-ring (bicyclic) bond motifs is 4. The Kier molecular flexibility index (Phi) is 4.26. The molecule has 0 fully saturated rings. The summed E-state index contributed by atoms with van der Waals surface area (Å²) in [6.45, 7) is 8.91. The molecule has 0 spiro atoms. The van der Waals surface area contributed by atoms with Gasteiger partial charge in [0.2, 0.25) is 5.69 Å². The van der Waals surface area contributed by atoms with Gasteiger partial charge in [-0.15, -0.1) is 0 Å². The van der Waals surface area contributed by atoms with Gasteiger partial charge in [0.05, 0.1) is 12.3 Å². The van der Waals surface area contributed by atoms with Crippen molar-refractivity contribution in [3.8, 4) is 33.5 Å². The van der Waals surface area contributed by atoms with Gasteiger partial charge in [-0.25, -0.2) is 0 Å². The highest BCUT2D eigenvalue weighted by atomic mass is 14.9. The van der Waals surface area contributed by atoms with Crippen LogP contribution < -0.4 is 4.57 Å². The van der Waals surface area contributed by atoms with Crippen molar-refractivity contribution in [1.29, 1.82) is 0 Å². The highest BCUT2D eigenvalue weighted by molar-refractivity contribution is 5.97. The number of nitrogens with zero attached hydrogens (tertiary/aromatic N) is 2. The molecule has 0 aliphatic heterocycles. The van der Waals surface area contributed by atoms with Gasteiger partial charge in [-0.05, 0) is 70.0 Å². The average molecular weight is 443 g/mol. The minimum absolute atomic E-state index is 0.0549. The summed E-state index contributed by atoms with van der Waals surface area (Å²) in [6.07, 6.45) is 3.67. The Balaban J connectivity index is 1.63. The molecule has 5 aromatic rings. The molecular weight excluding hydrogens is 412 g/mol. The molecule has 2 nitrogen and oxygen atoms in total. The van der Waals surface area contributed by atoms with Gasteiger partial charge in [-0.1, -0.05) is 56.3 Å². The predicted octanol–water partition coefficient (Wildman–Crippen LogP) is 7.32. The summed E-state index contributed by atoms with van der Waals surface area (Å²) in [5.41, 5.74) is 12.1. The quantitative estimate of drug-likeness (QED) is 0.262. The van der Waals surface area contributed by atoms with Gasteiger partial charge in [-0.3, -0.25) is 4.98 Å². The molecule has 1 aliphatic carbocycles. The minimum Gasteiger partial charge on any atom is -0.264 e. The predicted molar refractivity (Wildman–Crippen MR) is 141 cm³/mol. The molecule has 1 aliphatic rings. The lowest BCUT2D eigenvalue weighted by Crippen LogP contribution is -2.35. The molecule has 166 valence electrons. The average Bonchev–Trinajstić information content (AvgIpc) is 3.09. The number of benzene rings is 3. The van der Waals surface area contributed by atoms with E-state index in [1.807, 2.05) is 19.2 Å². The molecule has 0 bridgehead atoms. The third-order valence-corrected chi connectivity index (χ3v) is 7.61. The monoisotopic (exact) mass is 442 g/mol. The first kappa shape index (κ1) is 19.7. The van der Waals surface area contributed by atoms with Crippen molar-refractivity contribution >= 4 is 10.8 Å². The zero-order chi connectivity index (χ0) is 24.5. The molecule has 0 saturated carbocycles. The van der Waals surface area contributed by atoms with Gasteiger partial charge in [0.1, 0.15) is 7.05 Å². The number of pyridine rings is 2. The fourth-order valence-electron chi connectivity index (χ4n) is 5.63. The molecule has 6 rings (SSSR count). The molecule has 0 saturated heterocycles. The van der Waals surface area contributed by atoms with Crippen molar-refractivity contribution in [3.63, 3.8) is 0 Å². The molecule has 2 heteroatoms. The van der Waals surface area contributed by atoms with Crippen LogP contribution in [0.3, 0.4) is 0 Å². The first-order valence-corrected chi connectivity index (χ1v) is 11.9. The first-order valence-electron chi connectivity index (χ1n) is 12.4. The van der Waals surface area contributed by atoms with Crippen molar-refractivity contribution in [3.05, 3.63) is 108 Å². The molecule has 34 heavy (non-hydrogen) atoms. The lowest BCUT2D eigenvalue weighted by Gasteiger charge is -2.22. The zero-order valence-corrected chi connectivity index (χ0v) is 20.4. The third kappa shape index (κ3) is 2.95. The number of rotatable bonds is 2. The van der Waals surface area contributed by atoms with Crippen LogP contribution in [0.15, 0.2) is 85.2 Å². The summed E-state index contributed by atoms with van der Waals surface area (Å²) in [5.74, 6) is 0. The maximum absolute atomic E-state index is 8.94. The van der Waals surface area contributed by atoms with Crippen molar-refractivity contribution in [2.24, 2.45) is 7.05 Å². The zero-order valence-electron chi connectivity index (χ0n) is 21.4. The standard InChI is InChI=1S/C32H29N2/c1-20-15-28-26-10-6-7-11-29(26)32(3,4)30(28)18-27(20)31-25-13-12-22(23-9-8-14-33-19-23)17-24(25)16-21(2)34(31)5/h6-19H,1-5H3/q+1/i16D. The second-order valence-corrected chi connectivity index (χ2v) is 10.0. The molecule has 0 amide bonds. The van der Waals surface area contributed by atoms with E-state index in [2.05, 4.69) is 98.0 Å². The van der Waals surface area contributed by atoms with E-state index in [-0.39, 0.29) is 5.41 Å². The molecular formula is C32H29N2+. The third-order valence-electron chi connectivity index (χ3n) is 7.61. The molecule has 0 N–H and O–H groups in total. The van der Waals surface area contributed by atoms with Crippen LogP contribution in [0.2, 0.25) is 0 Å². The Morgan fingerprint density at radius 3 is 2.44 bits per heavy atom. The smallest absolute Gasteiger partial charge is 0.220 e. The number of aryl methyl sites for hydroxylation is 1. The Morgan fingerprint density at radius 2 is 1.65 bits per heavy atom. The van der Waals surface area contributed by atoms with E-state index in [9.17, 15) is 0 Å². The summed E-state index contributed by atoms with van der Waals surface area (Å²) in [5, 5.41) is 2.08. The summed E-state index contributed by atoms with van der Waals surface area (Å²) in [6, 6.07) is 24.6. The Labute approximate surface area is 203 Å². The molecule has 3 aromatic carbocycles. The molecule has 0 unspecified atom stereocenters. The molecule has 0 radical (unpaired) electrons. The second kappa shape index (κ2) is 7.36. The fraction of sp³-hybridized carbons (Fsp3) is 0.188. The van der Waals surface area contributed by atoms with Gasteiger partial charge in [0.25, 0.3) is 0 Å². The maximum atomic E-state index is 8.94. The normalized spacial score (nSPS) is 14.1. The van der Waals surface area contributed by atoms with Gasteiger partial charge >= 0.3 is 0 Å². The van der Waals surface area contributed by atoms with E-state index < -0.39 is 0 Å². The van der Waals surface area contributed by atoms with Crippen LogP contribution in [0.5, 0.6) is 0 Å². The Hall–Kier alpha value is -3.78. The van der Waals surface area contributed by atoms with E-state index in [1.54, 1.807) is 6.20 Å². The number of hydrogen-bond donors (Lipinski definition) is 0. The Bertz CT molecular complexity index is 1650. The maximum Gasteiger partial charge on any atom is 0.220 e. The number of aromatic nitrogens is 2. The minimum atomic E-state index is -0.0549. The van der Waals surface area contributed by atoms with Gasteiger partial charge in [-0.2, -0.15) is 4.57 Å². The van der Waals surface area contributed by atoms with Gasteiger partial charge in [0.15, 0.2) is 5.69 Å². The van der Waals surface area contributed by atoms with E-state index in [0.29, 0.717) is 6.04 Å². The number of hydrogen-bond acceptors (Lipinski definition) is 1. The highest BCUT2D eigenvalue weighted by Crippen LogP contribution is 2.50. The van der Waals surface area contributed by atoms with Crippen molar-refractivity contribution in [2.45, 2.75) is 33.1 Å². The molecule has 2 aromatic heterocycles. The second-order valence-electron chi connectivity index (χ2n) is 10.0. The van der Waals surface area contributed by atoms with Gasteiger partial charge < -0.3 is 0 Å². The first-order chi connectivity index (χ1) is 16.8. The van der Waals surface area contributed by atoms with Crippen LogP contribution in [-0.4, -0.2) is 4.98 Å². The van der Waals surface area contributed by atoms with Crippen molar-refractivity contribution < 1.29 is 5.94 Å². The summed E-state index contributed by atoms with van der Waals surface area (Å²) in [4.78, 5) is 4.28. The lowest BCUT2D eigenvalue weighted by molar-refractivity contribution is -0.665. The van der Waals surface area contributed by atoms with Crippen molar-refractivity contribution in [1.82, 2.24) is 4.98 Å². The van der Waals surface area contributed by atoms with Crippen LogP contribution >= 0.6 is 0 Å². The summed E-state index contributed by atoms with van der Waals surface area (Å²) < 4.78 is 11.1. The topological polar surface area (TPSA) is 16.8 Å². The Morgan fingerprint density at radius 1 is 0.824 bits per heavy atom. The van der Waals surface area contributed by atoms with E-state index in [1.165, 1.54) is 39.1 Å². The van der Waals surface area contributed by atoms with Crippen LogP contribution in [0.4, 0.5) is 0 Å². The molecule has 0 atom stereocenters. The van der Waals surface area contributed by atoms with E-state index >= 15 is 0 Å². The SMILES string of the molecule is [2H]c1c(C)[n+](C)c(-c2cc3c(cc2C)-c2ccccc2C3(C)C)c2ccc(-c3cccnc3)cc12. The van der Waals surface area contributed by atoms with Crippen LogP contribution in [0, 0.1) is 13.8 Å². The summed E-state index contributed by atoms with van der Waals surface area (Å²) in [7, 11) is 2.09. The van der Waals surface area contributed by atoms with Gasteiger partial charge in [0, 0.05) is 36.3 Å². The summed E-state index contributed by atoms with van der Waals surface area (Å²) >= 11 is 0. The van der Waals surface area contributed by atoms with Crippen LogP contribution in [0.25, 0.3) is 44.3 Å². The largest absolute Gasteiger partial charge is 0.264 e. The fourth-order valence-corrected chi connectivity index (χ4v) is 5.63. The van der Waals surface area contributed by atoms with E-state index in [4.69, 9.17) is 1.37 Å². The highest BCUT2D eigenvalue weighted by Gasteiger charge is 2.36. The van der Waals surface area contributed by atoms with Crippen molar-refractivity contribution in [2.75, 3.05) is 0 Å². The lowest BCUT2D eigenvalue weighted by atomic mass is 9.81. The van der Waals surface area contributed by atoms with Crippen LogP contribution in [0.1, 0.15) is 37.6 Å². The molecule has 2 heterocycles. The van der Waals surface area contributed by atoms with E-state index in [0.717, 1.165) is 27.6 Å².